The number of unbranched alkanes of at least 4 members (excludes halogenated alkanes) is 6. The van der Waals surface area contributed by atoms with E-state index in [2.05, 4.69) is 11.9 Å². The second kappa shape index (κ2) is 13.5. The molecule has 0 aliphatic carbocycles. The van der Waals surface area contributed by atoms with Crippen LogP contribution in [-0.2, 0) is 15.1 Å². The standard InChI is InChI=1S/C35H43N3O3/c1-6-7-8-9-10-11-12-13-14-33(39)36-28-19-24-32-31(25-28)34(40)41-35(32,26-15-20-29(21-16-26)37(2)3)27-17-22-30(23-18-27)38(4)5/h6,15-25H,1,7-14H2,2-5H3,(H,36,39). The molecule has 3 aromatic carbocycles. The molecule has 1 heterocycles. The Balaban J connectivity index is 1.55. The first kappa shape index (κ1) is 29.9. The van der Waals surface area contributed by atoms with Gasteiger partial charge in [0.15, 0.2) is 5.60 Å². The third-order valence-corrected chi connectivity index (χ3v) is 7.79. The Morgan fingerprint density at radius 3 is 1.88 bits per heavy atom. The molecule has 4 rings (SSSR count). The highest BCUT2D eigenvalue weighted by molar-refractivity contribution is 5.99. The van der Waals surface area contributed by atoms with Gasteiger partial charge in [0.1, 0.15) is 0 Å². The summed E-state index contributed by atoms with van der Waals surface area (Å²) in [5.41, 5.74) is 4.61. The average Bonchev–Trinajstić information content (AvgIpc) is 3.27. The number of cyclic esters (lactones) is 1. The number of nitrogens with zero attached hydrogens (tertiary/aromatic N) is 2. The van der Waals surface area contributed by atoms with Gasteiger partial charge in [0.05, 0.1) is 5.56 Å². The number of amides is 1. The van der Waals surface area contributed by atoms with Crippen molar-refractivity contribution in [2.24, 2.45) is 0 Å². The molecule has 0 spiro atoms. The van der Waals surface area contributed by atoms with Gasteiger partial charge in [0.2, 0.25) is 5.91 Å². The van der Waals surface area contributed by atoms with E-state index in [1.165, 1.54) is 19.3 Å². The van der Waals surface area contributed by atoms with Gasteiger partial charge in [-0.25, -0.2) is 4.79 Å². The van der Waals surface area contributed by atoms with Crippen LogP contribution >= 0.6 is 0 Å². The van der Waals surface area contributed by atoms with Gasteiger partial charge in [-0.05, 0) is 55.7 Å². The molecule has 1 N–H and O–H groups in total. The van der Waals surface area contributed by atoms with Crippen LogP contribution < -0.4 is 15.1 Å². The van der Waals surface area contributed by atoms with Crippen molar-refractivity contribution in [2.45, 2.75) is 57.0 Å². The quantitative estimate of drug-likeness (QED) is 0.127. The minimum absolute atomic E-state index is 0.0345. The Labute approximate surface area is 245 Å². The number of carbonyl (C=O) groups is 2. The van der Waals surface area contributed by atoms with E-state index in [1.54, 1.807) is 6.07 Å². The summed E-state index contributed by atoms with van der Waals surface area (Å²) in [5.74, 6) is -0.436. The fraction of sp³-hybridized carbons (Fsp3) is 0.371. The summed E-state index contributed by atoms with van der Waals surface area (Å²) < 4.78 is 6.29. The number of allylic oxidation sites excluding steroid dienone is 1. The smallest absolute Gasteiger partial charge is 0.340 e. The number of hydrogen-bond donors (Lipinski definition) is 1. The molecule has 41 heavy (non-hydrogen) atoms. The van der Waals surface area contributed by atoms with Gasteiger partial charge in [0.25, 0.3) is 0 Å². The third-order valence-electron chi connectivity index (χ3n) is 7.79. The molecule has 0 unspecified atom stereocenters. The summed E-state index contributed by atoms with van der Waals surface area (Å²) in [7, 11) is 7.99. The van der Waals surface area contributed by atoms with Crippen molar-refractivity contribution < 1.29 is 14.3 Å². The lowest BCUT2D eigenvalue weighted by Crippen LogP contribution is -2.29. The predicted octanol–water partition coefficient (Wildman–Crippen LogP) is 7.53. The van der Waals surface area contributed by atoms with Crippen LogP contribution in [0.3, 0.4) is 0 Å². The second-order valence-electron chi connectivity index (χ2n) is 11.2. The minimum Gasteiger partial charge on any atom is -0.441 e. The average molecular weight is 554 g/mol. The number of ether oxygens (including phenoxy) is 1. The van der Waals surface area contributed by atoms with Crippen LogP contribution in [0, 0.1) is 0 Å². The number of rotatable bonds is 14. The molecule has 6 nitrogen and oxygen atoms in total. The first-order valence-corrected chi connectivity index (χ1v) is 14.6. The maximum Gasteiger partial charge on any atom is 0.340 e. The van der Waals surface area contributed by atoms with E-state index in [0.717, 1.165) is 53.7 Å². The highest BCUT2D eigenvalue weighted by Crippen LogP contribution is 2.48. The molecule has 0 saturated carbocycles. The molecule has 0 fully saturated rings. The molecule has 6 heteroatoms. The van der Waals surface area contributed by atoms with Crippen LogP contribution in [0.15, 0.2) is 79.4 Å². The van der Waals surface area contributed by atoms with Gasteiger partial charge < -0.3 is 19.9 Å². The minimum atomic E-state index is -1.09. The first-order chi connectivity index (χ1) is 19.8. The molecule has 0 aromatic heterocycles. The summed E-state index contributed by atoms with van der Waals surface area (Å²) in [6.07, 6.45) is 10.1. The first-order valence-electron chi connectivity index (χ1n) is 14.6. The third kappa shape index (κ3) is 6.82. The van der Waals surface area contributed by atoms with Crippen molar-refractivity contribution in [2.75, 3.05) is 43.3 Å². The SMILES string of the molecule is C=CCCCCCCCCC(=O)Nc1ccc2c(c1)C(=O)OC2(c1ccc(N(C)C)cc1)c1ccc(N(C)C)cc1. The van der Waals surface area contributed by atoms with E-state index < -0.39 is 11.6 Å². The zero-order valence-electron chi connectivity index (χ0n) is 24.9. The molecule has 3 aromatic rings. The Morgan fingerprint density at radius 2 is 1.34 bits per heavy atom. The summed E-state index contributed by atoms with van der Waals surface area (Å²) >= 11 is 0. The maximum absolute atomic E-state index is 13.4. The molecule has 0 atom stereocenters. The lowest BCUT2D eigenvalue weighted by molar-refractivity contribution is -0.116. The molecule has 0 radical (unpaired) electrons. The summed E-state index contributed by atoms with van der Waals surface area (Å²) in [6.45, 7) is 3.76. The number of hydrogen-bond acceptors (Lipinski definition) is 5. The second-order valence-corrected chi connectivity index (χ2v) is 11.2. The van der Waals surface area contributed by atoms with Crippen LogP contribution in [0.5, 0.6) is 0 Å². The van der Waals surface area contributed by atoms with Gasteiger partial charge >= 0.3 is 5.97 Å². The normalized spacial score (nSPS) is 13.3. The maximum atomic E-state index is 13.4. The Bertz CT molecular complexity index is 1290. The monoisotopic (exact) mass is 553 g/mol. The van der Waals surface area contributed by atoms with Crippen molar-refractivity contribution in [1.29, 1.82) is 0 Å². The lowest BCUT2D eigenvalue weighted by atomic mass is 9.79. The van der Waals surface area contributed by atoms with Crippen molar-refractivity contribution in [1.82, 2.24) is 0 Å². The van der Waals surface area contributed by atoms with Gasteiger partial charge in [-0.3, -0.25) is 4.79 Å². The number of nitrogens with one attached hydrogen (secondary N) is 1. The van der Waals surface area contributed by atoms with Gasteiger partial charge in [0, 0.05) is 68.4 Å². The number of fused-ring (bicyclic) bond motifs is 1. The fourth-order valence-electron chi connectivity index (χ4n) is 5.44. The van der Waals surface area contributed by atoms with E-state index in [4.69, 9.17) is 4.74 Å². The van der Waals surface area contributed by atoms with Crippen LogP contribution in [0.4, 0.5) is 17.1 Å². The van der Waals surface area contributed by atoms with Crippen molar-refractivity contribution in [3.05, 3.63) is 102 Å². The highest BCUT2D eigenvalue weighted by atomic mass is 16.6. The number of benzene rings is 3. The molecule has 0 bridgehead atoms. The largest absolute Gasteiger partial charge is 0.441 e. The highest BCUT2D eigenvalue weighted by Gasteiger charge is 2.48. The van der Waals surface area contributed by atoms with Crippen LogP contribution in [0.2, 0.25) is 0 Å². The molecule has 1 aliphatic rings. The van der Waals surface area contributed by atoms with E-state index in [1.807, 2.05) is 105 Å². The van der Waals surface area contributed by atoms with E-state index >= 15 is 0 Å². The topological polar surface area (TPSA) is 61.9 Å². The molecular weight excluding hydrogens is 510 g/mol. The molecule has 0 saturated heterocycles. The van der Waals surface area contributed by atoms with E-state index in [-0.39, 0.29) is 5.91 Å². The van der Waals surface area contributed by atoms with Crippen molar-refractivity contribution in [3.8, 4) is 0 Å². The zero-order valence-corrected chi connectivity index (χ0v) is 24.9. The van der Waals surface area contributed by atoms with Crippen molar-refractivity contribution >= 4 is 28.9 Å². The van der Waals surface area contributed by atoms with Crippen molar-refractivity contribution in [3.63, 3.8) is 0 Å². The molecule has 1 amide bonds. The number of esters is 1. The Morgan fingerprint density at radius 1 is 0.805 bits per heavy atom. The van der Waals surface area contributed by atoms with Gasteiger partial charge in [-0.1, -0.05) is 62.1 Å². The number of anilines is 3. The fourth-order valence-corrected chi connectivity index (χ4v) is 5.44. The summed E-state index contributed by atoms with van der Waals surface area (Å²) in [4.78, 5) is 30.1. The number of carbonyl (C=O) groups excluding carboxylic acids is 2. The lowest BCUT2D eigenvalue weighted by Gasteiger charge is -2.31. The van der Waals surface area contributed by atoms with Gasteiger partial charge in [-0.15, -0.1) is 6.58 Å². The Hall–Kier alpha value is -4.06. The predicted molar refractivity (Wildman–Crippen MR) is 169 cm³/mol. The van der Waals surface area contributed by atoms with Crippen LogP contribution in [0.1, 0.15) is 78.4 Å². The van der Waals surface area contributed by atoms with Crippen LogP contribution in [0.25, 0.3) is 0 Å². The van der Waals surface area contributed by atoms with Crippen LogP contribution in [-0.4, -0.2) is 40.1 Å². The zero-order chi connectivity index (χ0) is 29.4. The Kier molecular flexibility index (Phi) is 9.87. The summed E-state index contributed by atoms with van der Waals surface area (Å²) in [5, 5.41) is 2.99. The summed E-state index contributed by atoms with van der Waals surface area (Å²) in [6, 6.07) is 21.8. The molecule has 216 valence electrons. The molecule has 1 aliphatic heterocycles. The van der Waals surface area contributed by atoms with E-state index in [9.17, 15) is 9.59 Å². The van der Waals surface area contributed by atoms with Gasteiger partial charge in [-0.2, -0.15) is 0 Å². The molecular formula is C35H43N3O3. The van der Waals surface area contributed by atoms with E-state index in [0.29, 0.717) is 17.7 Å².